The Kier molecular flexibility index (Phi) is 5.38. The van der Waals surface area contributed by atoms with Crippen molar-refractivity contribution in [3.8, 4) is 28.3 Å². The molecule has 2 aromatic heterocycles. The van der Waals surface area contributed by atoms with Gasteiger partial charge in [-0.05, 0) is 48.6 Å². The van der Waals surface area contributed by atoms with Crippen molar-refractivity contribution in [2.24, 2.45) is 0 Å². The summed E-state index contributed by atoms with van der Waals surface area (Å²) in [6.07, 6.45) is 3.52. The van der Waals surface area contributed by atoms with E-state index in [1.54, 1.807) is 14.0 Å². The van der Waals surface area contributed by atoms with E-state index in [4.69, 9.17) is 19.7 Å². The van der Waals surface area contributed by atoms with E-state index in [2.05, 4.69) is 28.1 Å². The van der Waals surface area contributed by atoms with Gasteiger partial charge in [0.2, 0.25) is 0 Å². The molecule has 7 heteroatoms. The van der Waals surface area contributed by atoms with Crippen LogP contribution in [0.2, 0.25) is 0 Å². The minimum atomic E-state index is -0.442. The van der Waals surface area contributed by atoms with Crippen molar-refractivity contribution in [3.05, 3.63) is 77.1 Å². The molecule has 0 spiro atoms. The number of ether oxygens (including phenoxy) is 2. The van der Waals surface area contributed by atoms with Gasteiger partial charge in [0.05, 0.1) is 25.1 Å². The molecule has 2 N–H and O–H groups in total. The van der Waals surface area contributed by atoms with Gasteiger partial charge in [0.1, 0.15) is 5.75 Å². The highest BCUT2D eigenvalue weighted by atomic mass is 16.5. The predicted octanol–water partition coefficient (Wildman–Crippen LogP) is 4.72. The van der Waals surface area contributed by atoms with Gasteiger partial charge in [0, 0.05) is 23.9 Å². The summed E-state index contributed by atoms with van der Waals surface area (Å²) < 4.78 is 18.4. The molecule has 2 heterocycles. The van der Waals surface area contributed by atoms with E-state index in [1.807, 2.05) is 36.4 Å². The maximum Gasteiger partial charge on any atom is 0.360 e. The van der Waals surface area contributed by atoms with Crippen LogP contribution in [0.25, 0.3) is 22.6 Å². The third-order valence-electron chi connectivity index (χ3n) is 6.00. The second kappa shape index (κ2) is 8.50. The zero-order chi connectivity index (χ0) is 22.9. The normalized spacial score (nSPS) is 12.2. The van der Waals surface area contributed by atoms with Crippen molar-refractivity contribution < 1.29 is 18.8 Å². The van der Waals surface area contributed by atoms with Crippen LogP contribution in [0.5, 0.6) is 5.75 Å². The first-order valence-electron chi connectivity index (χ1n) is 11.0. The lowest BCUT2D eigenvalue weighted by atomic mass is 9.90. The molecule has 0 aliphatic heterocycles. The number of fused-ring (bicyclic) bond motifs is 3. The number of esters is 1. The Bertz CT molecular complexity index is 1320. The summed E-state index contributed by atoms with van der Waals surface area (Å²) in [5.74, 6) is 0.860. The number of benzene rings is 2. The maximum absolute atomic E-state index is 12.3. The molecule has 0 saturated heterocycles. The SMILES string of the molecule is CCOC(=O)c1noc2c1CCc1c-2cn(Cc2ccc(OC)c(N)c2)c1-c1ccccc1. The molecule has 0 fully saturated rings. The summed E-state index contributed by atoms with van der Waals surface area (Å²) in [7, 11) is 1.61. The minimum Gasteiger partial charge on any atom is -0.495 e. The summed E-state index contributed by atoms with van der Waals surface area (Å²) >= 11 is 0. The molecular weight excluding hydrogens is 418 g/mol. The number of hydrogen-bond donors (Lipinski definition) is 1. The summed E-state index contributed by atoms with van der Waals surface area (Å²) in [5, 5.41) is 4.05. The molecule has 168 valence electrons. The fraction of sp³-hybridized carbons (Fsp3) is 0.231. The number of hydrogen-bond acceptors (Lipinski definition) is 6. The molecule has 0 saturated carbocycles. The van der Waals surface area contributed by atoms with E-state index in [9.17, 15) is 4.79 Å². The molecule has 2 aromatic carbocycles. The molecule has 1 aliphatic rings. The Balaban J connectivity index is 1.62. The van der Waals surface area contributed by atoms with Crippen LogP contribution in [0.15, 0.2) is 59.3 Å². The minimum absolute atomic E-state index is 0.273. The average molecular weight is 444 g/mol. The van der Waals surface area contributed by atoms with Gasteiger partial charge in [0.25, 0.3) is 0 Å². The molecule has 5 rings (SSSR count). The van der Waals surface area contributed by atoms with Gasteiger partial charge in [-0.1, -0.05) is 41.6 Å². The summed E-state index contributed by atoms with van der Waals surface area (Å²) in [6.45, 7) is 2.70. The Labute approximate surface area is 191 Å². The van der Waals surface area contributed by atoms with Crippen LogP contribution in [0.4, 0.5) is 5.69 Å². The first-order chi connectivity index (χ1) is 16.1. The summed E-state index contributed by atoms with van der Waals surface area (Å²) in [6, 6.07) is 16.1. The number of methoxy groups -OCH3 is 1. The van der Waals surface area contributed by atoms with Crippen LogP contribution in [-0.2, 0) is 24.1 Å². The lowest BCUT2D eigenvalue weighted by molar-refractivity contribution is 0.0513. The standard InChI is InChI=1S/C26H25N3O4/c1-3-32-26(30)23-19-11-10-18-20(25(19)33-28-23)15-29(24(18)17-7-5-4-6-8-17)14-16-9-12-22(31-2)21(27)13-16/h4-9,12-13,15H,3,10-11,14,27H2,1-2H3. The van der Waals surface area contributed by atoms with Crippen molar-refractivity contribution in [3.63, 3.8) is 0 Å². The molecule has 0 atom stereocenters. The van der Waals surface area contributed by atoms with Gasteiger partial charge >= 0.3 is 5.97 Å². The number of aromatic nitrogens is 2. The van der Waals surface area contributed by atoms with Crippen LogP contribution in [0.3, 0.4) is 0 Å². The number of nitrogens with two attached hydrogens (primary N) is 1. The van der Waals surface area contributed by atoms with E-state index < -0.39 is 5.97 Å². The fourth-order valence-corrected chi connectivity index (χ4v) is 4.55. The number of nitrogens with zero attached hydrogens (tertiary/aromatic N) is 2. The highest BCUT2D eigenvalue weighted by molar-refractivity contribution is 5.92. The van der Waals surface area contributed by atoms with Gasteiger partial charge < -0.3 is 24.3 Å². The average Bonchev–Trinajstić information content (AvgIpc) is 3.41. The van der Waals surface area contributed by atoms with Crippen molar-refractivity contribution in [2.45, 2.75) is 26.3 Å². The molecule has 0 bridgehead atoms. The molecule has 0 unspecified atom stereocenters. The monoisotopic (exact) mass is 443 g/mol. The molecule has 7 nitrogen and oxygen atoms in total. The third-order valence-corrected chi connectivity index (χ3v) is 6.00. The van der Waals surface area contributed by atoms with Crippen LogP contribution in [0.1, 0.15) is 34.1 Å². The molecule has 4 aromatic rings. The van der Waals surface area contributed by atoms with E-state index in [0.29, 0.717) is 36.8 Å². The Morgan fingerprint density at radius 2 is 1.94 bits per heavy atom. The number of rotatable bonds is 6. The first-order valence-corrected chi connectivity index (χ1v) is 11.0. The Hall–Kier alpha value is -4.00. The van der Waals surface area contributed by atoms with Gasteiger partial charge in [-0.2, -0.15) is 0 Å². The topological polar surface area (TPSA) is 92.5 Å². The number of anilines is 1. The Morgan fingerprint density at radius 1 is 1.15 bits per heavy atom. The third kappa shape index (κ3) is 3.65. The zero-order valence-electron chi connectivity index (χ0n) is 18.6. The van der Waals surface area contributed by atoms with Crippen LogP contribution in [0, 0.1) is 0 Å². The van der Waals surface area contributed by atoms with Gasteiger partial charge in [-0.15, -0.1) is 0 Å². The van der Waals surface area contributed by atoms with Gasteiger partial charge in [-0.25, -0.2) is 4.79 Å². The number of nitrogen functional groups attached to an aromatic ring is 1. The van der Waals surface area contributed by atoms with Crippen molar-refractivity contribution in [1.82, 2.24) is 9.72 Å². The quantitative estimate of drug-likeness (QED) is 0.342. The van der Waals surface area contributed by atoms with E-state index in [0.717, 1.165) is 34.4 Å². The van der Waals surface area contributed by atoms with Crippen molar-refractivity contribution in [2.75, 3.05) is 19.5 Å². The lowest BCUT2D eigenvalue weighted by Crippen LogP contribution is -2.10. The summed E-state index contributed by atoms with van der Waals surface area (Å²) in [4.78, 5) is 12.3. The predicted molar refractivity (Wildman–Crippen MR) is 125 cm³/mol. The van der Waals surface area contributed by atoms with Gasteiger partial charge in [-0.3, -0.25) is 0 Å². The van der Waals surface area contributed by atoms with E-state index in [1.165, 1.54) is 5.56 Å². The van der Waals surface area contributed by atoms with Crippen LogP contribution in [-0.4, -0.2) is 29.4 Å². The Morgan fingerprint density at radius 3 is 2.67 bits per heavy atom. The number of carbonyl (C=O) groups excluding carboxylic acids is 1. The van der Waals surface area contributed by atoms with Crippen molar-refractivity contribution in [1.29, 1.82) is 0 Å². The van der Waals surface area contributed by atoms with Crippen LogP contribution >= 0.6 is 0 Å². The summed E-state index contributed by atoms with van der Waals surface area (Å²) in [5.41, 5.74) is 13.3. The van der Waals surface area contributed by atoms with Crippen molar-refractivity contribution >= 4 is 11.7 Å². The first kappa shape index (κ1) is 20.9. The highest BCUT2D eigenvalue weighted by Gasteiger charge is 2.32. The molecule has 1 aliphatic carbocycles. The second-order valence-electron chi connectivity index (χ2n) is 8.00. The van der Waals surface area contributed by atoms with Gasteiger partial charge in [0.15, 0.2) is 11.5 Å². The fourth-order valence-electron chi connectivity index (χ4n) is 4.55. The smallest absolute Gasteiger partial charge is 0.360 e. The van der Waals surface area contributed by atoms with Crippen LogP contribution < -0.4 is 10.5 Å². The van der Waals surface area contributed by atoms with E-state index >= 15 is 0 Å². The lowest BCUT2D eigenvalue weighted by Gasteiger charge is -2.15. The maximum atomic E-state index is 12.3. The van der Waals surface area contributed by atoms with E-state index in [-0.39, 0.29) is 5.69 Å². The molecule has 33 heavy (non-hydrogen) atoms. The molecule has 0 radical (unpaired) electrons. The number of carbonyl (C=O) groups is 1. The largest absolute Gasteiger partial charge is 0.495 e. The molecular formula is C26H25N3O4. The second-order valence-corrected chi connectivity index (χ2v) is 8.00. The zero-order valence-corrected chi connectivity index (χ0v) is 18.6. The molecule has 0 amide bonds. The highest BCUT2D eigenvalue weighted by Crippen LogP contribution is 2.42.